The van der Waals surface area contributed by atoms with Gasteiger partial charge in [-0.15, -0.1) is 0 Å². The molecule has 24 heavy (non-hydrogen) atoms. The van der Waals surface area contributed by atoms with Crippen molar-refractivity contribution in [3.05, 3.63) is 63.4 Å². The molecule has 1 unspecified atom stereocenters. The van der Waals surface area contributed by atoms with Crippen molar-refractivity contribution in [1.82, 2.24) is 9.55 Å². The lowest BCUT2D eigenvalue weighted by Gasteiger charge is -2.17. The topological polar surface area (TPSA) is 70.1 Å². The fourth-order valence-electron chi connectivity index (χ4n) is 2.56. The summed E-state index contributed by atoms with van der Waals surface area (Å²) in [6, 6.07) is 8.44. The second-order valence-electron chi connectivity index (χ2n) is 5.38. The molecule has 0 spiro atoms. The molecular formula is C17H15ClFN3O2. The Kier molecular flexibility index (Phi) is 4.26. The van der Waals surface area contributed by atoms with E-state index in [0.29, 0.717) is 11.3 Å². The average molecular weight is 348 g/mol. The summed E-state index contributed by atoms with van der Waals surface area (Å²) in [6.07, 6.45) is 0. The molecule has 1 atom stereocenters. The molecule has 0 saturated carbocycles. The molecule has 0 bridgehead atoms. The number of ether oxygens (including phenoxy) is 1. The van der Waals surface area contributed by atoms with Gasteiger partial charge in [0.25, 0.3) is 5.56 Å². The van der Waals surface area contributed by atoms with Gasteiger partial charge < -0.3 is 10.5 Å². The molecule has 0 aliphatic carbocycles. The summed E-state index contributed by atoms with van der Waals surface area (Å²) in [7, 11) is 1.42. The van der Waals surface area contributed by atoms with E-state index in [1.54, 1.807) is 31.2 Å². The molecule has 0 fully saturated rings. The average Bonchev–Trinajstić information content (AvgIpc) is 2.53. The molecule has 2 aromatic carbocycles. The quantitative estimate of drug-likeness (QED) is 0.789. The van der Waals surface area contributed by atoms with Gasteiger partial charge in [-0.3, -0.25) is 9.36 Å². The lowest BCUT2D eigenvalue weighted by Crippen LogP contribution is -2.27. The molecule has 1 aromatic heterocycles. The van der Waals surface area contributed by atoms with Crippen molar-refractivity contribution in [2.45, 2.75) is 13.0 Å². The number of benzene rings is 2. The van der Waals surface area contributed by atoms with Crippen LogP contribution in [0.2, 0.25) is 5.02 Å². The van der Waals surface area contributed by atoms with Crippen LogP contribution in [-0.2, 0) is 0 Å². The first kappa shape index (κ1) is 16.4. The van der Waals surface area contributed by atoms with E-state index in [9.17, 15) is 9.18 Å². The number of aromatic nitrogens is 2. The smallest absolute Gasteiger partial charge is 0.267 e. The highest BCUT2D eigenvalue weighted by atomic mass is 35.5. The van der Waals surface area contributed by atoms with Crippen molar-refractivity contribution in [2.24, 2.45) is 5.73 Å². The minimum absolute atomic E-state index is 0.256. The summed E-state index contributed by atoms with van der Waals surface area (Å²) in [5, 5.41) is 0.533. The highest BCUT2D eigenvalue weighted by Gasteiger charge is 2.18. The van der Waals surface area contributed by atoms with E-state index in [4.69, 9.17) is 22.1 Å². The lowest BCUT2D eigenvalue weighted by molar-refractivity contribution is 0.411. The Hall–Kier alpha value is -2.44. The Balaban J connectivity index is 2.44. The van der Waals surface area contributed by atoms with E-state index in [2.05, 4.69) is 4.98 Å². The Morgan fingerprint density at radius 3 is 2.75 bits per heavy atom. The molecule has 0 aliphatic rings. The predicted molar refractivity (Wildman–Crippen MR) is 91.5 cm³/mol. The molecule has 3 aromatic rings. The Bertz CT molecular complexity index is 985. The Morgan fingerprint density at radius 2 is 2.08 bits per heavy atom. The van der Waals surface area contributed by atoms with E-state index in [1.807, 2.05) is 0 Å². The monoisotopic (exact) mass is 347 g/mol. The summed E-state index contributed by atoms with van der Waals surface area (Å²) in [4.78, 5) is 17.5. The molecule has 1 heterocycles. The van der Waals surface area contributed by atoms with Crippen LogP contribution in [0.4, 0.5) is 4.39 Å². The minimum Gasteiger partial charge on any atom is -0.497 e. The number of halogens is 2. The van der Waals surface area contributed by atoms with Gasteiger partial charge in [-0.05, 0) is 25.1 Å². The summed E-state index contributed by atoms with van der Waals surface area (Å²) in [6.45, 7) is 1.70. The minimum atomic E-state index is -0.546. The second kappa shape index (κ2) is 6.22. The highest BCUT2D eigenvalue weighted by Crippen LogP contribution is 2.24. The van der Waals surface area contributed by atoms with Crippen LogP contribution in [0.15, 0.2) is 41.2 Å². The second-order valence-corrected chi connectivity index (χ2v) is 5.79. The zero-order valence-corrected chi connectivity index (χ0v) is 13.8. The fourth-order valence-corrected chi connectivity index (χ4v) is 2.81. The number of methoxy groups -OCH3 is 1. The Labute approximate surface area is 142 Å². The maximum absolute atomic E-state index is 13.9. The molecule has 0 radical (unpaired) electrons. The molecule has 2 N–H and O–H groups in total. The van der Waals surface area contributed by atoms with Crippen LogP contribution < -0.4 is 16.0 Å². The van der Waals surface area contributed by atoms with Crippen molar-refractivity contribution in [1.29, 1.82) is 0 Å². The molecular weight excluding hydrogens is 333 g/mol. The molecule has 3 rings (SSSR count). The SMILES string of the molecule is COc1cc(F)cc(-n2c(C(C)N)nc3cccc(Cl)c3c2=O)c1. The van der Waals surface area contributed by atoms with Crippen LogP contribution >= 0.6 is 11.6 Å². The van der Waals surface area contributed by atoms with E-state index in [-0.39, 0.29) is 21.8 Å². The summed E-state index contributed by atoms with van der Waals surface area (Å²) >= 11 is 6.16. The number of fused-ring (bicyclic) bond motifs is 1. The van der Waals surface area contributed by atoms with Gasteiger partial charge in [-0.2, -0.15) is 0 Å². The van der Waals surface area contributed by atoms with Gasteiger partial charge in [-0.1, -0.05) is 17.7 Å². The van der Waals surface area contributed by atoms with Crippen LogP contribution in [0.1, 0.15) is 18.8 Å². The molecule has 5 nitrogen and oxygen atoms in total. The molecule has 124 valence electrons. The Morgan fingerprint density at radius 1 is 1.33 bits per heavy atom. The number of rotatable bonds is 3. The first-order valence-corrected chi connectivity index (χ1v) is 7.62. The maximum Gasteiger partial charge on any atom is 0.267 e. The number of nitrogens with zero attached hydrogens (tertiary/aromatic N) is 2. The van der Waals surface area contributed by atoms with Crippen LogP contribution in [0.3, 0.4) is 0 Å². The molecule has 7 heteroatoms. The van der Waals surface area contributed by atoms with Gasteiger partial charge in [0.1, 0.15) is 17.4 Å². The van der Waals surface area contributed by atoms with Crippen LogP contribution in [0.5, 0.6) is 5.75 Å². The predicted octanol–water partition coefficient (Wildman–Crippen LogP) is 3.21. The van der Waals surface area contributed by atoms with E-state index in [1.165, 1.54) is 23.8 Å². The normalized spacial score (nSPS) is 12.4. The van der Waals surface area contributed by atoms with Crippen LogP contribution in [0, 0.1) is 5.82 Å². The first-order chi connectivity index (χ1) is 11.4. The van der Waals surface area contributed by atoms with Crippen LogP contribution in [-0.4, -0.2) is 16.7 Å². The van der Waals surface area contributed by atoms with Gasteiger partial charge in [0.15, 0.2) is 0 Å². The van der Waals surface area contributed by atoms with E-state index in [0.717, 1.165) is 0 Å². The molecule has 0 aliphatic heterocycles. The molecule has 0 saturated heterocycles. The fraction of sp³-hybridized carbons (Fsp3) is 0.176. The van der Waals surface area contributed by atoms with Crippen molar-refractivity contribution in [2.75, 3.05) is 7.11 Å². The lowest BCUT2D eigenvalue weighted by atomic mass is 10.2. The van der Waals surface area contributed by atoms with Crippen molar-refractivity contribution in [3.8, 4) is 11.4 Å². The highest BCUT2D eigenvalue weighted by molar-refractivity contribution is 6.35. The zero-order valence-electron chi connectivity index (χ0n) is 13.1. The third kappa shape index (κ3) is 2.74. The van der Waals surface area contributed by atoms with Gasteiger partial charge in [0, 0.05) is 12.1 Å². The molecule has 0 amide bonds. The van der Waals surface area contributed by atoms with Crippen molar-refractivity contribution in [3.63, 3.8) is 0 Å². The summed E-state index contributed by atoms with van der Waals surface area (Å²) < 4.78 is 20.2. The standard InChI is InChI=1S/C17H15ClFN3O2/c1-9(20)16-21-14-5-3-4-13(18)15(14)17(23)22(16)11-6-10(19)7-12(8-11)24-2/h3-9H,20H2,1-2H3. The number of hydrogen-bond acceptors (Lipinski definition) is 4. The maximum atomic E-state index is 13.9. The van der Waals surface area contributed by atoms with Gasteiger partial charge in [0.2, 0.25) is 0 Å². The zero-order chi connectivity index (χ0) is 17.4. The number of nitrogens with two attached hydrogens (primary N) is 1. The largest absolute Gasteiger partial charge is 0.497 e. The van der Waals surface area contributed by atoms with Crippen LogP contribution in [0.25, 0.3) is 16.6 Å². The third-order valence-electron chi connectivity index (χ3n) is 3.63. The van der Waals surface area contributed by atoms with Crippen molar-refractivity contribution < 1.29 is 9.13 Å². The summed E-state index contributed by atoms with van der Waals surface area (Å²) in [5.41, 5.74) is 6.29. The van der Waals surface area contributed by atoms with Crippen molar-refractivity contribution >= 4 is 22.5 Å². The van der Waals surface area contributed by atoms with Gasteiger partial charge in [-0.25, -0.2) is 9.37 Å². The van der Waals surface area contributed by atoms with E-state index < -0.39 is 17.4 Å². The third-order valence-corrected chi connectivity index (χ3v) is 3.94. The number of hydrogen-bond donors (Lipinski definition) is 1. The van der Waals surface area contributed by atoms with Gasteiger partial charge >= 0.3 is 0 Å². The first-order valence-electron chi connectivity index (χ1n) is 7.24. The van der Waals surface area contributed by atoms with Gasteiger partial charge in [0.05, 0.1) is 34.8 Å². The summed E-state index contributed by atoms with van der Waals surface area (Å²) in [5.74, 6) is 0.0559. The van der Waals surface area contributed by atoms with E-state index >= 15 is 0 Å².